The minimum atomic E-state index is -0.244. The Balaban J connectivity index is 2.81. The van der Waals surface area contributed by atoms with Crippen LogP contribution in [0.15, 0.2) is 18.2 Å². The molecule has 0 spiro atoms. The first-order valence-electron chi connectivity index (χ1n) is 5.81. The summed E-state index contributed by atoms with van der Waals surface area (Å²) in [6.45, 7) is 3.44. The number of rotatable bonds is 6. The maximum Gasteiger partial charge on any atom is 0.123 e. The van der Waals surface area contributed by atoms with E-state index in [0.29, 0.717) is 0 Å². The van der Waals surface area contributed by atoms with Gasteiger partial charge in [-0.3, -0.25) is 0 Å². The molecule has 3 nitrogen and oxygen atoms in total. The van der Waals surface area contributed by atoms with E-state index in [9.17, 15) is 4.39 Å². The second-order valence-electron chi connectivity index (χ2n) is 4.26. The van der Waals surface area contributed by atoms with Crippen LogP contribution in [0.3, 0.4) is 0 Å². The van der Waals surface area contributed by atoms with Crippen molar-refractivity contribution in [3.8, 4) is 0 Å². The van der Waals surface area contributed by atoms with Crippen LogP contribution >= 0.6 is 0 Å². The van der Waals surface area contributed by atoms with E-state index in [1.54, 1.807) is 13.2 Å². The summed E-state index contributed by atoms with van der Waals surface area (Å²) in [7, 11) is 3.67. The Morgan fingerprint density at radius 3 is 2.76 bits per heavy atom. The van der Waals surface area contributed by atoms with Gasteiger partial charge in [0.15, 0.2) is 0 Å². The highest BCUT2D eigenvalue weighted by Crippen LogP contribution is 2.25. The first kappa shape index (κ1) is 13.9. The van der Waals surface area contributed by atoms with Gasteiger partial charge >= 0.3 is 0 Å². The highest BCUT2D eigenvalue weighted by atomic mass is 19.1. The monoisotopic (exact) mass is 240 g/mol. The molecule has 0 saturated carbocycles. The second kappa shape index (κ2) is 6.57. The van der Waals surface area contributed by atoms with E-state index in [1.165, 1.54) is 12.1 Å². The Hall–Kier alpha value is -1.13. The van der Waals surface area contributed by atoms with Crippen molar-refractivity contribution in [2.45, 2.75) is 19.4 Å². The third-order valence-corrected chi connectivity index (χ3v) is 2.73. The molecule has 0 aliphatic heterocycles. The molecule has 0 radical (unpaired) electrons. The van der Waals surface area contributed by atoms with Gasteiger partial charge in [-0.15, -0.1) is 0 Å². The van der Waals surface area contributed by atoms with Crippen LogP contribution < -0.4 is 10.6 Å². The third kappa shape index (κ3) is 3.98. The molecule has 0 aromatic heterocycles. The smallest absolute Gasteiger partial charge is 0.123 e. The van der Waals surface area contributed by atoms with Crippen molar-refractivity contribution in [1.29, 1.82) is 0 Å². The van der Waals surface area contributed by atoms with Gasteiger partial charge < -0.3 is 15.4 Å². The molecule has 1 atom stereocenters. The number of anilines is 1. The van der Waals surface area contributed by atoms with Crippen molar-refractivity contribution >= 4 is 5.69 Å². The van der Waals surface area contributed by atoms with Gasteiger partial charge in [0, 0.05) is 39.0 Å². The van der Waals surface area contributed by atoms with Crippen LogP contribution in [0, 0.1) is 5.82 Å². The van der Waals surface area contributed by atoms with E-state index in [1.807, 2.05) is 14.0 Å². The summed E-state index contributed by atoms with van der Waals surface area (Å²) < 4.78 is 18.2. The Bertz CT molecular complexity index is 355. The second-order valence-corrected chi connectivity index (χ2v) is 4.26. The zero-order chi connectivity index (χ0) is 12.8. The first-order chi connectivity index (χ1) is 8.06. The molecule has 4 heteroatoms. The van der Waals surface area contributed by atoms with Gasteiger partial charge in [0.25, 0.3) is 0 Å². The van der Waals surface area contributed by atoms with Crippen LogP contribution in [-0.2, 0) is 4.74 Å². The summed E-state index contributed by atoms with van der Waals surface area (Å²) in [5.41, 5.74) is 7.68. The fourth-order valence-corrected chi connectivity index (χ4v) is 1.80. The maximum absolute atomic E-state index is 13.2. The number of nitrogens with two attached hydrogens (primary N) is 1. The standard InChI is InChI=1S/C13H21FN2O/c1-10(15)12-9-11(14)5-6-13(12)16(2)7-4-8-17-3/h5-6,9-10H,4,7-8,15H2,1-3H3/t10-/m0/s1. The van der Waals surface area contributed by atoms with E-state index in [0.717, 1.165) is 30.8 Å². The lowest BCUT2D eigenvalue weighted by Gasteiger charge is -2.24. The molecular formula is C13H21FN2O. The number of halogens is 1. The molecule has 1 rings (SSSR count). The number of benzene rings is 1. The van der Waals surface area contributed by atoms with E-state index in [-0.39, 0.29) is 11.9 Å². The van der Waals surface area contributed by atoms with Gasteiger partial charge in [0.2, 0.25) is 0 Å². The van der Waals surface area contributed by atoms with Gasteiger partial charge in [-0.1, -0.05) is 0 Å². The SMILES string of the molecule is COCCCN(C)c1ccc(F)cc1[C@H](C)N. The molecule has 2 N–H and O–H groups in total. The third-order valence-electron chi connectivity index (χ3n) is 2.73. The Labute approximate surface area is 102 Å². The quantitative estimate of drug-likeness (QED) is 0.775. The summed E-state index contributed by atoms with van der Waals surface area (Å²) in [6, 6.07) is 4.58. The van der Waals surface area contributed by atoms with Crippen LogP contribution in [0.1, 0.15) is 24.9 Å². The predicted molar refractivity (Wildman–Crippen MR) is 68.8 cm³/mol. The molecule has 1 aromatic rings. The predicted octanol–water partition coefficient (Wildman–Crippen LogP) is 2.32. The minimum absolute atomic E-state index is 0.175. The molecule has 0 aliphatic carbocycles. The number of hydrogen-bond donors (Lipinski definition) is 1. The van der Waals surface area contributed by atoms with E-state index < -0.39 is 0 Å². The fourth-order valence-electron chi connectivity index (χ4n) is 1.80. The van der Waals surface area contributed by atoms with Crippen molar-refractivity contribution in [3.63, 3.8) is 0 Å². The van der Waals surface area contributed by atoms with E-state index in [4.69, 9.17) is 10.5 Å². The van der Waals surface area contributed by atoms with Crippen LogP contribution in [0.4, 0.5) is 10.1 Å². The largest absolute Gasteiger partial charge is 0.385 e. The van der Waals surface area contributed by atoms with Gasteiger partial charge in [-0.05, 0) is 37.1 Å². The summed E-state index contributed by atoms with van der Waals surface area (Å²) in [4.78, 5) is 2.08. The maximum atomic E-state index is 13.2. The number of methoxy groups -OCH3 is 1. The zero-order valence-corrected chi connectivity index (χ0v) is 10.7. The molecule has 96 valence electrons. The van der Waals surface area contributed by atoms with Crippen LogP contribution in [-0.4, -0.2) is 27.3 Å². The fraction of sp³-hybridized carbons (Fsp3) is 0.538. The van der Waals surface area contributed by atoms with Crippen molar-refractivity contribution in [1.82, 2.24) is 0 Å². The molecule has 0 aliphatic rings. The topological polar surface area (TPSA) is 38.5 Å². The highest BCUT2D eigenvalue weighted by molar-refractivity contribution is 5.54. The van der Waals surface area contributed by atoms with Crippen LogP contribution in [0.2, 0.25) is 0 Å². The van der Waals surface area contributed by atoms with Crippen molar-refractivity contribution in [2.75, 3.05) is 32.2 Å². The average Bonchev–Trinajstić information content (AvgIpc) is 2.29. The van der Waals surface area contributed by atoms with Crippen molar-refractivity contribution in [3.05, 3.63) is 29.6 Å². The molecule has 0 heterocycles. The molecule has 0 amide bonds. The summed E-state index contributed by atoms with van der Waals surface area (Å²) in [5, 5.41) is 0. The molecule has 1 aromatic carbocycles. The summed E-state index contributed by atoms with van der Waals surface area (Å²) >= 11 is 0. The Morgan fingerprint density at radius 1 is 1.47 bits per heavy atom. The highest BCUT2D eigenvalue weighted by Gasteiger charge is 2.11. The number of nitrogens with zero attached hydrogens (tertiary/aromatic N) is 1. The van der Waals surface area contributed by atoms with Gasteiger partial charge in [-0.2, -0.15) is 0 Å². The molecule has 17 heavy (non-hydrogen) atoms. The summed E-state index contributed by atoms with van der Waals surface area (Å²) in [5.74, 6) is -0.244. The van der Waals surface area contributed by atoms with Gasteiger partial charge in [-0.25, -0.2) is 4.39 Å². The Kier molecular flexibility index (Phi) is 5.38. The van der Waals surface area contributed by atoms with Crippen molar-refractivity contribution < 1.29 is 9.13 Å². The van der Waals surface area contributed by atoms with Crippen LogP contribution in [0.5, 0.6) is 0 Å². The Morgan fingerprint density at radius 2 is 2.18 bits per heavy atom. The summed E-state index contributed by atoms with van der Waals surface area (Å²) in [6.07, 6.45) is 0.933. The molecule has 0 fully saturated rings. The lowest BCUT2D eigenvalue weighted by Crippen LogP contribution is -2.22. The van der Waals surface area contributed by atoms with Gasteiger partial charge in [0.05, 0.1) is 0 Å². The minimum Gasteiger partial charge on any atom is -0.385 e. The lowest BCUT2D eigenvalue weighted by molar-refractivity contribution is 0.196. The van der Waals surface area contributed by atoms with E-state index >= 15 is 0 Å². The average molecular weight is 240 g/mol. The van der Waals surface area contributed by atoms with Gasteiger partial charge in [0.1, 0.15) is 5.82 Å². The van der Waals surface area contributed by atoms with Crippen LogP contribution in [0.25, 0.3) is 0 Å². The molecular weight excluding hydrogens is 219 g/mol. The molecule has 0 saturated heterocycles. The number of ether oxygens (including phenoxy) is 1. The normalized spacial score (nSPS) is 12.5. The molecule has 0 bridgehead atoms. The van der Waals surface area contributed by atoms with E-state index in [2.05, 4.69) is 4.90 Å². The number of hydrogen-bond acceptors (Lipinski definition) is 3. The van der Waals surface area contributed by atoms with Crippen molar-refractivity contribution in [2.24, 2.45) is 5.73 Å². The lowest BCUT2D eigenvalue weighted by atomic mass is 10.1. The zero-order valence-electron chi connectivity index (χ0n) is 10.7. The first-order valence-corrected chi connectivity index (χ1v) is 5.81. The molecule has 0 unspecified atom stereocenters.